The van der Waals surface area contributed by atoms with E-state index in [-0.39, 0.29) is 93.5 Å². The summed E-state index contributed by atoms with van der Waals surface area (Å²) in [5.41, 5.74) is 11.6. The third-order valence-corrected chi connectivity index (χ3v) is 16.7. The van der Waals surface area contributed by atoms with Crippen LogP contribution >= 0.6 is 15.2 Å². The highest BCUT2D eigenvalue weighted by atomic mass is 31.2. The second kappa shape index (κ2) is 28.3. The first-order valence-corrected chi connectivity index (χ1v) is 28.9. The van der Waals surface area contributed by atoms with Gasteiger partial charge >= 0.3 is 20.3 Å². The fourth-order valence-electron chi connectivity index (χ4n) is 8.18. The number of aromatic nitrogens is 2. The van der Waals surface area contributed by atoms with Crippen LogP contribution in [0.3, 0.4) is 0 Å². The number of nitrogens with one attached hydrogen (secondary N) is 7. The van der Waals surface area contributed by atoms with Gasteiger partial charge in [-0.15, -0.1) is 0 Å². The molecule has 438 valence electrons. The molecule has 0 saturated heterocycles. The molecule has 0 spiro atoms. The number of hydrogen-bond acceptors (Lipinski definition) is 14. The maximum atomic E-state index is 14.2. The molecule has 0 radical (unpaired) electrons. The maximum Gasteiger partial charge on any atom is 0.373 e. The molecular weight excluding hydrogens is 1070 g/mol. The normalized spacial score (nSPS) is 16.6. The lowest BCUT2D eigenvalue weighted by Gasteiger charge is -2.29. The molecule has 4 rings (SSSR count). The number of aliphatic hydroxyl groups is 2. The lowest BCUT2D eigenvalue weighted by Crippen LogP contribution is -2.55. The van der Waals surface area contributed by atoms with E-state index in [4.69, 9.17) is 16.2 Å². The molecule has 3 unspecified atom stereocenters. The van der Waals surface area contributed by atoms with Crippen LogP contribution in [0.5, 0.6) is 0 Å². The number of imidazole rings is 1. The Kier molecular flexibility index (Phi) is 23.5. The minimum atomic E-state index is -5.69. The number of nitrogens with two attached hydrogens (primary N) is 2. The molecule has 7 amide bonds. The van der Waals surface area contributed by atoms with Crippen molar-refractivity contribution in [3.63, 3.8) is 0 Å². The Morgan fingerprint density at radius 1 is 0.886 bits per heavy atom. The largest absolute Gasteiger partial charge is 0.387 e. The van der Waals surface area contributed by atoms with Crippen molar-refractivity contribution in [3.8, 4) is 0 Å². The van der Waals surface area contributed by atoms with E-state index in [9.17, 15) is 72.5 Å². The van der Waals surface area contributed by atoms with Crippen molar-refractivity contribution < 1.29 is 81.8 Å². The average Bonchev–Trinajstić information content (AvgIpc) is 3.79. The van der Waals surface area contributed by atoms with Crippen molar-refractivity contribution in [3.05, 3.63) is 71.8 Å². The number of benzene rings is 2. The number of aliphatic hydroxyl groups excluding tert-OH is 1. The quantitative estimate of drug-likeness (QED) is 0.0283. The summed E-state index contributed by atoms with van der Waals surface area (Å²) in [5.74, 6) is -4.19. The molecule has 29 heteroatoms. The van der Waals surface area contributed by atoms with Crippen molar-refractivity contribution in [2.24, 2.45) is 28.2 Å². The van der Waals surface area contributed by atoms with Gasteiger partial charge in [0.1, 0.15) is 43.7 Å². The summed E-state index contributed by atoms with van der Waals surface area (Å²) >= 11 is 0. The van der Waals surface area contributed by atoms with Gasteiger partial charge in [0.25, 0.3) is 5.91 Å². The zero-order chi connectivity index (χ0) is 59.1. The first-order chi connectivity index (χ1) is 36.8. The van der Waals surface area contributed by atoms with Crippen LogP contribution in [0, 0.1) is 16.7 Å². The standard InChI is InChI=1S/C50H77N11O16P2/c1-7-31(2)43-47(69)57-38(10-8-9-17-51)46(68)58-39-20-32(44(52)66)11-12-33(39)23-53-37-14-13-34(21-36(37)45(67)59-43)56-41(64)16-15-40(63)55-26-49(5,6)29-77-28-48(3,4)22-42(65)54-24-35(62)25-60-18-19-61(30-60)27-50(70,78(71,72)73)79(74,75)76/h11-14,18-21,30-31,35,38,43,62,70H,7-10,15-17,22-29,51H2,1-6H3,(H12-,52,53,54,55,56,57,58,59,63,64,65,66,67,68,69,71,72,73,74,75,76)/p+1/t31?,35?,38-,43?/m0/s1. The summed E-state index contributed by atoms with van der Waals surface area (Å²) < 4.78 is 31.6. The molecule has 4 atom stereocenters. The Bertz CT molecular complexity index is 2740. The molecule has 0 bridgehead atoms. The molecule has 27 nitrogen and oxygen atoms in total. The van der Waals surface area contributed by atoms with E-state index in [1.54, 1.807) is 39.0 Å². The number of primary amides is 1. The maximum absolute atomic E-state index is 14.2. The molecule has 2 heterocycles. The molecule has 1 aliphatic rings. The van der Waals surface area contributed by atoms with Crippen LogP contribution in [-0.4, -0.2) is 132 Å². The van der Waals surface area contributed by atoms with E-state index in [2.05, 4.69) is 37.2 Å². The van der Waals surface area contributed by atoms with Gasteiger partial charge in [0, 0.05) is 66.9 Å². The highest BCUT2D eigenvalue weighted by Gasteiger charge is 2.61. The molecule has 79 heavy (non-hydrogen) atoms. The zero-order valence-corrected chi connectivity index (χ0v) is 47.1. The lowest BCUT2D eigenvalue weighted by atomic mass is 9.89. The monoisotopic (exact) mass is 1150 g/mol. The summed E-state index contributed by atoms with van der Waals surface area (Å²) in [6.45, 7) is 10.5. The van der Waals surface area contributed by atoms with Gasteiger partial charge in [0.05, 0.1) is 18.8 Å². The summed E-state index contributed by atoms with van der Waals surface area (Å²) in [6.07, 6.45) is 4.00. The molecule has 1 aromatic heterocycles. The van der Waals surface area contributed by atoms with Crippen LogP contribution in [0.4, 0.5) is 17.1 Å². The fourth-order valence-corrected chi connectivity index (χ4v) is 10.2. The number of unbranched alkanes of at least 4 members (excludes halogenated alkanes) is 1. The van der Waals surface area contributed by atoms with E-state index in [0.29, 0.717) is 37.1 Å². The Morgan fingerprint density at radius 2 is 1.56 bits per heavy atom. The van der Waals surface area contributed by atoms with Gasteiger partial charge < -0.3 is 83.2 Å². The number of fused-ring (bicyclic) bond motifs is 2. The average molecular weight is 1150 g/mol. The predicted octanol–water partition coefficient (Wildman–Crippen LogP) is 0.670. The number of ether oxygens (including phenoxy) is 1. The van der Waals surface area contributed by atoms with Crippen LogP contribution in [0.25, 0.3) is 0 Å². The lowest BCUT2D eigenvalue weighted by molar-refractivity contribution is -0.702. The van der Waals surface area contributed by atoms with Gasteiger partial charge in [-0.1, -0.05) is 54.0 Å². The first kappa shape index (κ1) is 65.4. The molecule has 0 fully saturated rings. The van der Waals surface area contributed by atoms with E-state index < -0.39 is 97.2 Å². The smallest absolute Gasteiger partial charge is 0.373 e. The first-order valence-electron chi connectivity index (χ1n) is 25.7. The van der Waals surface area contributed by atoms with Crippen LogP contribution in [0.1, 0.15) is 113 Å². The van der Waals surface area contributed by atoms with Crippen LogP contribution < -0.4 is 53.3 Å². The van der Waals surface area contributed by atoms with E-state index >= 15 is 0 Å². The highest BCUT2D eigenvalue weighted by molar-refractivity contribution is 7.72. The van der Waals surface area contributed by atoms with Crippen LogP contribution in [0.2, 0.25) is 0 Å². The number of rotatable bonds is 27. The molecular formula is C50H78N11O16P2+. The third-order valence-electron chi connectivity index (χ3n) is 13.0. The summed E-state index contributed by atoms with van der Waals surface area (Å²) in [6, 6.07) is 7.03. The van der Waals surface area contributed by atoms with Gasteiger partial charge in [-0.3, -0.25) is 42.7 Å². The minimum Gasteiger partial charge on any atom is -0.387 e. The van der Waals surface area contributed by atoms with Gasteiger partial charge in [-0.25, -0.2) is 9.13 Å². The van der Waals surface area contributed by atoms with Gasteiger partial charge in [-0.05, 0) is 73.0 Å². The summed E-state index contributed by atoms with van der Waals surface area (Å²) in [7, 11) is -11.4. The van der Waals surface area contributed by atoms with Gasteiger partial charge in [0.15, 0.2) is 0 Å². The number of hydrogen-bond donors (Lipinski definition) is 15. The molecule has 1 aliphatic heterocycles. The number of anilines is 3. The van der Waals surface area contributed by atoms with E-state index in [1.807, 2.05) is 20.8 Å². The fraction of sp³-hybridized carbons (Fsp3) is 0.560. The second-order valence-electron chi connectivity index (χ2n) is 21.4. The van der Waals surface area contributed by atoms with E-state index in [0.717, 1.165) is 10.9 Å². The van der Waals surface area contributed by atoms with Crippen molar-refractivity contribution in [2.75, 3.05) is 48.8 Å². The number of carbonyl (C=O) groups is 7. The summed E-state index contributed by atoms with van der Waals surface area (Å²) in [5, 5.41) is 37.0. The van der Waals surface area contributed by atoms with Crippen LogP contribution in [0.15, 0.2) is 55.1 Å². The van der Waals surface area contributed by atoms with Gasteiger partial charge in [-0.2, -0.15) is 0 Å². The van der Waals surface area contributed by atoms with Crippen molar-refractivity contribution in [2.45, 2.75) is 129 Å². The van der Waals surface area contributed by atoms with E-state index in [1.165, 1.54) is 35.2 Å². The minimum absolute atomic E-state index is 0.00803. The van der Waals surface area contributed by atoms with Crippen molar-refractivity contribution in [1.82, 2.24) is 25.8 Å². The zero-order valence-electron chi connectivity index (χ0n) is 45.3. The topological polar surface area (TPSA) is 429 Å². The Hall–Kier alpha value is -6.12. The molecule has 3 aromatic rings. The Balaban J connectivity index is 1.30. The summed E-state index contributed by atoms with van der Waals surface area (Å²) in [4.78, 5) is 131. The molecule has 17 N–H and O–H groups in total. The molecule has 0 aliphatic carbocycles. The highest BCUT2D eigenvalue weighted by Crippen LogP contribution is 2.68. The SMILES string of the molecule is CCC(C)C1NC(=O)c2cc(NC(=O)CCC(=O)NCC(C)(C)COCC(C)(C)CC(=O)NCC(O)C[n+]3ccn(CC(O)(P(=O)(O)O)P(=O)(O)O)c3)ccc2NCc2ccc(C(N)=O)cc2NC(=O)[C@H](CCCCN)NC1=O. The van der Waals surface area contributed by atoms with Crippen molar-refractivity contribution in [1.29, 1.82) is 0 Å². The number of carbonyl (C=O) groups excluding carboxylic acids is 7. The molecule has 0 saturated carbocycles. The number of nitrogens with zero attached hydrogens (tertiary/aromatic N) is 2. The third kappa shape index (κ3) is 19.9. The molecule has 2 aromatic carbocycles. The Labute approximate surface area is 458 Å². The van der Waals surface area contributed by atoms with Crippen molar-refractivity contribution >= 4 is 73.6 Å². The second-order valence-corrected chi connectivity index (χ2v) is 25.5. The Morgan fingerprint density at radius 3 is 2.20 bits per heavy atom. The predicted molar refractivity (Wildman–Crippen MR) is 289 cm³/mol. The van der Waals surface area contributed by atoms with Gasteiger partial charge in [0.2, 0.25) is 41.8 Å². The van der Waals surface area contributed by atoms with Crippen LogP contribution in [-0.2, 0) is 57.5 Å². The number of amides is 7.